The zero-order valence-corrected chi connectivity index (χ0v) is 14.1. The molecule has 3 aromatic rings. The Morgan fingerprint density at radius 3 is 2.54 bits per heavy atom. The fourth-order valence-corrected chi connectivity index (χ4v) is 2.90. The molecule has 1 aliphatic heterocycles. The van der Waals surface area contributed by atoms with E-state index in [1.54, 1.807) is 31.3 Å². The highest BCUT2D eigenvalue weighted by Gasteiger charge is 2.30. The van der Waals surface area contributed by atoms with E-state index in [1.165, 1.54) is 9.80 Å². The van der Waals surface area contributed by atoms with Crippen molar-refractivity contribution in [2.24, 2.45) is 0 Å². The van der Waals surface area contributed by atoms with Gasteiger partial charge >= 0.3 is 0 Å². The summed E-state index contributed by atoms with van der Waals surface area (Å²) >= 11 is 0. The summed E-state index contributed by atoms with van der Waals surface area (Å²) in [5.74, 6) is 0.252. The molecular weight excluding hydrogens is 332 g/mol. The van der Waals surface area contributed by atoms with E-state index >= 15 is 0 Å². The maximum absolute atomic E-state index is 12.9. The summed E-state index contributed by atoms with van der Waals surface area (Å²) in [7, 11) is 1.66. The van der Waals surface area contributed by atoms with Crippen molar-refractivity contribution in [1.29, 1.82) is 0 Å². The molecule has 7 nitrogen and oxygen atoms in total. The fourth-order valence-electron chi connectivity index (χ4n) is 2.90. The first-order valence-corrected chi connectivity index (χ1v) is 8.16. The second-order valence-corrected chi connectivity index (χ2v) is 6.00. The van der Waals surface area contributed by atoms with Crippen LogP contribution in [0.15, 0.2) is 59.0 Å². The van der Waals surface area contributed by atoms with Crippen LogP contribution in [0.1, 0.15) is 16.2 Å². The van der Waals surface area contributed by atoms with Crippen molar-refractivity contribution in [2.45, 2.75) is 6.54 Å². The number of anilines is 1. The van der Waals surface area contributed by atoms with Gasteiger partial charge in [0, 0.05) is 12.6 Å². The molecule has 0 saturated carbocycles. The maximum atomic E-state index is 12.9. The molecular formula is C19H16N4O3. The van der Waals surface area contributed by atoms with Crippen molar-refractivity contribution < 1.29 is 14.0 Å². The highest BCUT2D eigenvalue weighted by molar-refractivity contribution is 6.09. The van der Waals surface area contributed by atoms with Crippen molar-refractivity contribution in [2.75, 3.05) is 18.5 Å². The fraction of sp³-hybridized carbons (Fsp3) is 0.158. The molecule has 0 aliphatic carbocycles. The van der Waals surface area contributed by atoms with Crippen LogP contribution in [0.4, 0.5) is 5.69 Å². The third-order valence-corrected chi connectivity index (χ3v) is 4.30. The van der Waals surface area contributed by atoms with Crippen molar-refractivity contribution in [3.05, 3.63) is 66.1 Å². The molecule has 2 aromatic carbocycles. The van der Waals surface area contributed by atoms with Crippen LogP contribution in [-0.2, 0) is 11.3 Å². The van der Waals surface area contributed by atoms with E-state index in [-0.39, 0.29) is 30.8 Å². The molecule has 0 bridgehead atoms. The zero-order valence-electron chi connectivity index (χ0n) is 14.1. The van der Waals surface area contributed by atoms with Gasteiger partial charge in [0.05, 0.1) is 17.8 Å². The molecule has 7 heteroatoms. The Balaban J connectivity index is 1.62. The first-order chi connectivity index (χ1) is 12.6. The summed E-state index contributed by atoms with van der Waals surface area (Å²) in [4.78, 5) is 28.2. The van der Waals surface area contributed by atoms with E-state index < -0.39 is 0 Å². The summed E-state index contributed by atoms with van der Waals surface area (Å²) < 4.78 is 5.67. The quantitative estimate of drug-likeness (QED) is 0.726. The van der Waals surface area contributed by atoms with Crippen LogP contribution >= 0.6 is 0 Å². The summed E-state index contributed by atoms with van der Waals surface area (Å²) in [5, 5.41) is 8.05. The second kappa shape index (κ2) is 6.44. The number of carbonyl (C=O) groups is 2. The predicted octanol–water partition coefficient (Wildman–Crippen LogP) is 2.36. The lowest BCUT2D eigenvalue weighted by molar-refractivity contribution is -0.119. The molecule has 2 amide bonds. The molecule has 0 saturated heterocycles. The third-order valence-electron chi connectivity index (χ3n) is 4.30. The molecule has 4 rings (SSSR count). The lowest BCUT2D eigenvalue weighted by Gasteiger charge is -2.17. The van der Waals surface area contributed by atoms with Gasteiger partial charge in [-0.3, -0.25) is 9.59 Å². The Hall–Kier alpha value is -3.48. The van der Waals surface area contributed by atoms with Crippen molar-refractivity contribution in [1.82, 2.24) is 15.1 Å². The number of nitrogens with zero attached hydrogens (tertiary/aromatic N) is 4. The normalized spacial score (nSPS) is 14.3. The van der Waals surface area contributed by atoms with Crippen LogP contribution in [0.25, 0.3) is 11.5 Å². The van der Waals surface area contributed by atoms with Gasteiger partial charge in [0.25, 0.3) is 5.91 Å². The van der Waals surface area contributed by atoms with E-state index in [0.717, 1.165) is 5.56 Å². The second-order valence-electron chi connectivity index (χ2n) is 6.00. The lowest BCUT2D eigenvalue weighted by Crippen LogP contribution is -2.37. The van der Waals surface area contributed by atoms with Gasteiger partial charge in [0.15, 0.2) is 0 Å². The van der Waals surface area contributed by atoms with Gasteiger partial charge in [-0.1, -0.05) is 30.3 Å². The van der Waals surface area contributed by atoms with Gasteiger partial charge in [-0.15, -0.1) is 10.2 Å². The summed E-state index contributed by atoms with van der Waals surface area (Å²) in [5.41, 5.74) is 1.87. The summed E-state index contributed by atoms with van der Waals surface area (Å²) in [6.45, 7) is 0.0274. The zero-order chi connectivity index (χ0) is 18.1. The number of aromatic nitrogens is 2. The average Bonchev–Trinajstić information content (AvgIpc) is 3.12. The van der Waals surface area contributed by atoms with E-state index in [2.05, 4.69) is 10.2 Å². The Morgan fingerprint density at radius 2 is 1.73 bits per heavy atom. The van der Waals surface area contributed by atoms with Crippen molar-refractivity contribution in [3.63, 3.8) is 0 Å². The topological polar surface area (TPSA) is 79.5 Å². The molecule has 0 unspecified atom stereocenters. The number of amides is 2. The van der Waals surface area contributed by atoms with Gasteiger partial charge in [0.2, 0.25) is 17.7 Å². The summed E-state index contributed by atoms with van der Waals surface area (Å²) in [6.07, 6.45) is 0. The van der Waals surface area contributed by atoms with Gasteiger partial charge in [0.1, 0.15) is 6.54 Å². The lowest BCUT2D eigenvalue weighted by atomic mass is 10.1. The highest BCUT2D eigenvalue weighted by atomic mass is 16.4. The Bertz CT molecular complexity index is 968. The standard InChI is InChI=1S/C19H16N4O3/c1-22-15-10-6-5-9-14(15)19(25)23(12-17(22)24)11-16-20-21-18(26-16)13-7-3-2-4-8-13/h2-10H,11-12H2,1H3. The van der Waals surface area contributed by atoms with Crippen LogP contribution in [0.5, 0.6) is 0 Å². The Labute approximate surface area is 149 Å². The van der Waals surface area contributed by atoms with Crippen LogP contribution in [0.2, 0.25) is 0 Å². The summed E-state index contributed by atoms with van der Waals surface area (Å²) in [6, 6.07) is 16.4. The third kappa shape index (κ3) is 2.83. The number of rotatable bonds is 3. The SMILES string of the molecule is CN1C(=O)CN(Cc2nnc(-c3ccccc3)o2)C(=O)c2ccccc21. The Morgan fingerprint density at radius 1 is 1.00 bits per heavy atom. The van der Waals surface area contributed by atoms with Gasteiger partial charge in [-0.2, -0.15) is 0 Å². The van der Waals surface area contributed by atoms with Gasteiger partial charge < -0.3 is 14.2 Å². The highest BCUT2D eigenvalue weighted by Crippen LogP contribution is 2.25. The molecule has 0 N–H and O–H groups in total. The Kier molecular flexibility index (Phi) is 3.96. The van der Waals surface area contributed by atoms with E-state index in [4.69, 9.17) is 4.42 Å². The number of hydrogen-bond acceptors (Lipinski definition) is 5. The predicted molar refractivity (Wildman–Crippen MR) is 94.3 cm³/mol. The van der Waals surface area contributed by atoms with Gasteiger partial charge in [-0.25, -0.2) is 0 Å². The molecule has 26 heavy (non-hydrogen) atoms. The molecule has 1 aliphatic rings. The van der Waals surface area contributed by atoms with Crippen LogP contribution in [0.3, 0.4) is 0 Å². The van der Waals surface area contributed by atoms with Crippen molar-refractivity contribution >= 4 is 17.5 Å². The van der Waals surface area contributed by atoms with E-state index in [1.807, 2.05) is 30.3 Å². The average molecular weight is 348 g/mol. The van der Waals surface area contributed by atoms with Crippen LogP contribution in [-0.4, -0.2) is 40.5 Å². The minimum Gasteiger partial charge on any atom is -0.419 e. The molecule has 0 atom stereocenters. The van der Waals surface area contributed by atoms with E-state index in [9.17, 15) is 9.59 Å². The number of benzene rings is 2. The van der Waals surface area contributed by atoms with Gasteiger partial charge in [-0.05, 0) is 24.3 Å². The maximum Gasteiger partial charge on any atom is 0.256 e. The first kappa shape index (κ1) is 16.0. The number of carbonyl (C=O) groups excluding carboxylic acids is 2. The van der Waals surface area contributed by atoms with E-state index in [0.29, 0.717) is 17.1 Å². The molecule has 0 spiro atoms. The minimum absolute atomic E-state index is 0.0485. The first-order valence-electron chi connectivity index (χ1n) is 8.16. The smallest absolute Gasteiger partial charge is 0.256 e. The van der Waals surface area contributed by atoms with Crippen molar-refractivity contribution in [3.8, 4) is 11.5 Å². The number of hydrogen-bond donors (Lipinski definition) is 0. The largest absolute Gasteiger partial charge is 0.419 e. The molecule has 0 radical (unpaired) electrons. The molecule has 0 fully saturated rings. The minimum atomic E-state index is -0.238. The monoisotopic (exact) mass is 348 g/mol. The number of fused-ring (bicyclic) bond motifs is 1. The molecule has 2 heterocycles. The van der Waals surface area contributed by atoms with Crippen LogP contribution in [0, 0.1) is 0 Å². The number of likely N-dealkylation sites (N-methyl/N-ethyl adjacent to an activating group) is 1. The number of para-hydroxylation sites is 1. The molecule has 130 valence electrons. The van der Waals surface area contributed by atoms with Crippen LogP contribution < -0.4 is 4.90 Å². The molecule has 1 aromatic heterocycles.